The number of hydrogen-bond acceptors (Lipinski definition) is 4. The van der Waals surface area contributed by atoms with Crippen molar-refractivity contribution in [1.29, 1.82) is 5.26 Å². The molecule has 1 aromatic rings. The number of nitrogens with zero attached hydrogens (tertiary/aromatic N) is 2. The monoisotopic (exact) mass is 316 g/mol. The van der Waals surface area contributed by atoms with Gasteiger partial charge in [-0.1, -0.05) is 6.07 Å². The molecule has 1 N–H and O–H groups in total. The molecule has 122 valence electrons. The fraction of sp³-hybridized carbons (Fsp3) is 0.533. The van der Waals surface area contributed by atoms with E-state index in [0.717, 1.165) is 12.1 Å². The van der Waals surface area contributed by atoms with Crippen LogP contribution in [0.4, 0.5) is 13.2 Å². The lowest BCUT2D eigenvalue weighted by Crippen LogP contribution is -2.38. The van der Waals surface area contributed by atoms with Crippen LogP contribution >= 0.6 is 0 Å². The predicted octanol–water partition coefficient (Wildman–Crippen LogP) is 2.68. The Balaban J connectivity index is 2.51. The van der Waals surface area contributed by atoms with Gasteiger partial charge >= 0.3 is 6.18 Å². The molecule has 0 saturated heterocycles. The standard InChI is InChI=1S/C15H19F3N2O2/c1-11(6-7-19)20(2)9-13(21)10-22-14-5-3-4-12(8-14)15(16,17)18/h3-5,8,11,13,21H,6,9-10H2,1-2H3. The lowest BCUT2D eigenvalue weighted by Gasteiger charge is -2.25. The number of alkyl halides is 3. The maximum absolute atomic E-state index is 12.6. The van der Waals surface area contributed by atoms with E-state index in [1.165, 1.54) is 12.1 Å². The van der Waals surface area contributed by atoms with Crippen LogP contribution in [-0.2, 0) is 6.18 Å². The smallest absolute Gasteiger partial charge is 0.416 e. The molecule has 0 heterocycles. The second-order valence-corrected chi connectivity index (χ2v) is 5.14. The van der Waals surface area contributed by atoms with E-state index in [2.05, 4.69) is 0 Å². The second kappa shape index (κ2) is 8.01. The molecule has 1 aromatic carbocycles. The quantitative estimate of drug-likeness (QED) is 0.840. The highest BCUT2D eigenvalue weighted by atomic mass is 19.4. The third-order valence-electron chi connectivity index (χ3n) is 3.24. The molecule has 2 unspecified atom stereocenters. The highest BCUT2D eigenvalue weighted by Gasteiger charge is 2.30. The Kier molecular flexibility index (Phi) is 6.65. The first-order valence-electron chi connectivity index (χ1n) is 6.79. The Labute approximate surface area is 127 Å². The van der Waals surface area contributed by atoms with Crippen molar-refractivity contribution in [3.05, 3.63) is 29.8 Å². The first-order chi connectivity index (χ1) is 10.2. The second-order valence-electron chi connectivity index (χ2n) is 5.14. The fourth-order valence-corrected chi connectivity index (χ4v) is 1.81. The maximum atomic E-state index is 12.6. The number of halogens is 3. The van der Waals surface area contributed by atoms with Gasteiger partial charge in [-0.05, 0) is 32.2 Å². The lowest BCUT2D eigenvalue weighted by atomic mass is 10.2. The average Bonchev–Trinajstić information content (AvgIpc) is 2.44. The minimum Gasteiger partial charge on any atom is -0.491 e. The normalized spacial score (nSPS) is 14.5. The van der Waals surface area contributed by atoms with Crippen molar-refractivity contribution in [2.75, 3.05) is 20.2 Å². The summed E-state index contributed by atoms with van der Waals surface area (Å²) in [5.41, 5.74) is -0.792. The van der Waals surface area contributed by atoms with Crippen LogP contribution < -0.4 is 4.74 Å². The zero-order valence-electron chi connectivity index (χ0n) is 12.5. The summed E-state index contributed by atoms with van der Waals surface area (Å²) in [5.74, 6) is 0.0570. The van der Waals surface area contributed by atoms with Crippen molar-refractivity contribution in [3.63, 3.8) is 0 Å². The Bertz CT molecular complexity index is 514. The average molecular weight is 316 g/mol. The summed E-state index contributed by atoms with van der Waals surface area (Å²) in [6.07, 6.45) is -4.96. The van der Waals surface area contributed by atoms with E-state index < -0.39 is 17.8 Å². The topological polar surface area (TPSA) is 56.5 Å². The molecule has 7 heteroatoms. The van der Waals surface area contributed by atoms with Crippen LogP contribution in [0.3, 0.4) is 0 Å². The minimum absolute atomic E-state index is 0.0202. The van der Waals surface area contributed by atoms with Gasteiger partial charge in [0.15, 0.2) is 0 Å². The summed E-state index contributed by atoms with van der Waals surface area (Å²) in [6, 6.07) is 6.54. The summed E-state index contributed by atoms with van der Waals surface area (Å²) < 4.78 is 42.9. The zero-order valence-corrected chi connectivity index (χ0v) is 12.5. The Morgan fingerprint density at radius 1 is 1.41 bits per heavy atom. The highest BCUT2D eigenvalue weighted by molar-refractivity contribution is 5.30. The minimum atomic E-state index is -4.43. The Hall–Kier alpha value is -1.78. The number of aliphatic hydroxyl groups excluding tert-OH is 1. The number of nitriles is 1. The van der Waals surface area contributed by atoms with Gasteiger partial charge in [-0.15, -0.1) is 0 Å². The molecule has 4 nitrogen and oxygen atoms in total. The molecule has 2 atom stereocenters. The van der Waals surface area contributed by atoms with Gasteiger partial charge in [-0.25, -0.2) is 0 Å². The van der Waals surface area contributed by atoms with Crippen LogP contribution in [0.25, 0.3) is 0 Å². The molecule has 0 radical (unpaired) electrons. The third kappa shape index (κ3) is 5.92. The van der Waals surface area contributed by atoms with E-state index in [-0.39, 0.29) is 24.9 Å². The van der Waals surface area contributed by atoms with E-state index in [1.54, 1.807) is 11.9 Å². The molecule has 0 aliphatic heterocycles. The summed E-state index contributed by atoms with van der Waals surface area (Å²) in [4.78, 5) is 1.80. The SMILES string of the molecule is CC(CC#N)N(C)CC(O)COc1cccc(C(F)(F)F)c1. The molecule has 0 aliphatic carbocycles. The molecule has 0 fully saturated rings. The van der Waals surface area contributed by atoms with E-state index in [4.69, 9.17) is 10.00 Å². The number of ether oxygens (including phenoxy) is 1. The number of likely N-dealkylation sites (N-methyl/N-ethyl adjacent to an activating group) is 1. The van der Waals surface area contributed by atoms with E-state index in [0.29, 0.717) is 6.42 Å². The van der Waals surface area contributed by atoms with Crippen molar-refractivity contribution in [1.82, 2.24) is 4.90 Å². The van der Waals surface area contributed by atoms with Crippen LogP contribution in [-0.4, -0.2) is 42.4 Å². The van der Waals surface area contributed by atoms with Crippen LogP contribution in [0.1, 0.15) is 18.9 Å². The lowest BCUT2D eigenvalue weighted by molar-refractivity contribution is -0.137. The van der Waals surface area contributed by atoms with E-state index >= 15 is 0 Å². The largest absolute Gasteiger partial charge is 0.491 e. The summed E-state index contributed by atoms with van der Waals surface area (Å²) >= 11 is 0. The summed E-state index contributed by atoms with van der Waals surface area (Å²) in [5, 5.41) is 18.5. The molecule has 0 aromatic heterocycles. The molecular weight excluding hydrogens is 297 g/mol. The van der Waals surface area contributed by atoms with Gasteiger partial charge in [-0.2, -0.15) is 18.4 Å². The first-order valence-corrected chi connectivity index (χ1v) is 6.79. The third-order valence-corrected chi connectivity index (χ3v) is 3.24. The Morgan fingerprint density at radius 3 is 2.68 bits per heavy atom. The van der Waals surface area contributed by atoms with Crippen LogP contribution in [0.15, 0.2) is 24.3 Å². The van der Waals surface area contributed by atoms with Crippen molar-refractivity contribution in [2.45, 2.75) is 31.7 Å². The van der Waals surface area contributed by atoms with E-state index in [1.807, 2.05) is 13.0 Å². The van der Waals surface area contributed by atoms with Crippen LogP contribution in [0.5, 0.6) is 5.75 Å². The fourth-order valence-electron chi connectivity index (χ4n) is 1.81. The summed E-state index contributed by atoms with van der Waals surface area (Å²) in [6.45, 7) is 2.00. The number of benzene rings is 1. The number of aliphatic hydroxyl groups is 1. The molecule has 0 bridgehead atoms. The maximum Gasteiger partial charge on any atom is 0.416 e. The van der Waals surface area contributed by atoms with Gasteiger partial charge in [0, 0.05) is 12.6 Å². The van der Waals surface area contributed by atoms with Crippen molar-refractivity contribution >= 4 is 0 Å². The van der Waals surface area contributed by atoms with Gasteiger partial charge in [0.2, 0.25) is 0 Å². The van der Waals surface area contributed by atoms with Gasteiger partial charge < -0.3 is 9.84 Å². The molecule has 0 saturated carbocycles. The van der Waals surface area contributed by atoms with Gasteiger partial charge in [0.05, 0.1) is 18.1 Å². The Morgan fingerprint density at radius 2 is 2.09 bits per heavy atom. The number of hydrogen-bond donors (Lipinski definition) is 1. The van der Waals surface area contributed by atoms with Crippen molar-refractivity contribution < 1.29 is 23.0 Å². The first kappa shape index (κ1) is 18.3. The van der Waals surface area contributed by atoms with Crippen LogP contribution in [0, 0.1) is 11.3 Å². The predicted molar refractivity (Wildman–Crippen MR) is 75.3 cm³/mol. The molecule has 1 rings (SSSR count). The van der Waals surface area contributed by atoms with E-state index in [9.17, 15) is 18.3 Å². The highest BCUT2D eigenvalue weighted by Crippen LogP contribution is 2.31. The summed E-state index contributed by atoms with van der Waals surface area (Å²) in [7, 11) is 1.76. The van der Waals surface area contributed by atoms with Gasteiger partial charge in [0.25, 0.3) is 0 Å². The molecule has 0 spiro atoms. The van der Waals surface area contributed by atoms with Gasteiger partial charge in [-0.3, -0.25) is 4.90 Å². The zero-order chi connectivity index (χ0) is 16.8. The van der Waals surface area contributed by atoms with Crippen molar-refractivity contribution in [2.24, 2.45) is 0 Å². The van der Waals surface area contributed by atoms with Gasteiger partial charge in [0.1, 0.15) is 18.5 Å². The molecule has 22 heavy (non-hydrogen) atoms. The number of rotatable bonds is 7. The molecule has 0 amide bonds. The van der Waals surface area contributed by atoms with Crippen LogP contribution in [0.2, 0.25) is 0 Å². The van der Waals surface area contributed by atoms with Crippen molar-refractivity contribution in [3.8, 4) is 11.8 Å². The molecule has 0 aliphatic rings. The molecular formula is C15H19F3N2O2.